The van der Waals surface area contributed by atoms with Crippen molar-refractivity contribution in [3.05, 3.63) is 30.2 Å². The van der Waals surface area contributed by atoms with Gasteiger partial charge in [-0.2, -0.15) is 5.10 Å². The Morgan fingerprint density at radius 3 is 3.06 bits per heavy atom. The van der Waals surface area contributed by atoms with Crippen LogP contribution in [-0.2, 0) is 6.54 Å². The Morgan fingerprint density at radius 1 is 1.38 bits per heavy atom. The molecule has 0 fully saturated rings. The molecule has 0 unspecified atom stereocenters. The molecule has 4 heteroatoms. The summed E-state index contributed by atoms with van der Waals surface area (Å²) in [6.45, 7) is 4.87. The maximum Gasteiger partial charge on any atom is 0.124 e. The zero-order valence-electron chi connectivity index (χ0n) is 9.41. The summed E-state index contributed by atoms with van der Waals surface area (Å²) in [6.07, 6.45) is 2.84. The number of halogens is 1. The second-order valence-electron chi connectivity index (χ2n) is 3.82. The Labute approximate surface area is 94.3 Å². The molecule has 0 aliphatic carbocycles. The normalized spacial score (nSPS) is 11.1. The number of nitrogens with one attached hydrogen (secondary N) is 1. The Balaban J connectivity index is 2.07. The number of fused-ring (bicyclic) bond motifs is 1. The fourth-order valence-corrected chi connectivity index (χ4v) is 1.72. The molecule has 0 bridgehead atoms. The minimum atomic E-state index is -0.212. The third-order valence-electron chi connectivity index (χ3n) is 2.53. The lowest BCUT2D eigenvalue weighted by atomic mass is 10.2. The quantitative estimate of drug-likeness (QED) is 0.784. The number of hydrogen-bond acceptors (Lipinski definition) is 2. The van der Waals surface area contributed by atoms with E-state index in [9.17, 15) is 4.39 Å². The highest BCUT2D eigenvalue weighted by Crippen LogP contribution is 2.14. The highest BCUT2D eigenvalue weighted by atomic mass is 19.1. The Morgan fingerprint density at radius 2 is 2.25 bits per heavy atom. The first-order valence-corrected chi connectivity index (χ1v) is 5.63. The van der Waals surface area contributed by atoms with Crippen molar-refractivity contribution in [1.29, 1.82) is 0 Å². The molecular weight excluding hydrogens is 205 g/mol. The van der Waals surface area contributed by atoms with Crippen LogP contribution in [-0.4, -0.2) is 22.9 Å². The molecule has 0 amide bonds. The van der Waals surface area contributed by atoms with Crippen molar-refractivity contribution in [2.45, 2.75) is 19.9 Å². The molecule has 2 aromatic rings. The summed E-state index contributed by atoms with van der Waals surface area (Å²) in [5.41, 5.74) is 0.986. The van der Waals surface area contributed by atoms with E-state index in [2.05, 4.69) is 17.3 Å². The lowest BCUT2D eigenvalue weighted by Gasteiger charge is -2.04. The van der Waals surface area contributed by atoms with Gasteiger partial charge in [0.05, 0.1) is 18.3 Å². The molecule has 1 heterocycles. The van der Waals surface area contributed by atoms with Gasteiger partial charge in [-0.3, -0.25) is 4.68 Å². The van der Waals surface area contributed by atoms with Crippen LogP contribution in [0.2, 0.25) is 0 Å². The fourth-order valence-electron chi connectivity index (χ4n) is 1.72. The molecular formula is C12H16FN3. The van der Waals surface area contributed by atoms with Crippen molar-refractivity contribution >= 4 is 10.9 Å². The Hall–Kier alpha value is -1.42. The lowest BCUT2D eigenvalue weighted by Crippen LogP contribution is -2.20. The predicted octanol–water partition coefficient (Wildman–Crippen LogP) is 2.17. The van der Waals surface area contributed by atoms with E-state index in [1.54, 1.807) is 12.3 Å². The molecule has 16 heavy (non-hydrogen) atoms. The van der Waals surface area contributed by atoms with Gasteiger partial charge in [0.1, 0.15) is 5.82 Å². The van der Waals surface area contributed by atoms with Gasteiger partial charge in [-0.15, -0.1) is 0 Å². The first-order chi connectivity index (χ1) is 7.81. The summed E-state index contributed by atoms with van der Waals surface area (Å²) in [4.78, 5) is 0. The molecule has 0 radical (unpaired) electrons. The van der Waals surface area contributed by atoms with Crippen LogP contribution in [0.15, 0.2) is 24.4 Å². The molecule has 2 rings (SSSR count). The maximum atomic E-state index is 12.9. The van der Waals surface area contributed by atoms with E-state index in [-0.39, 0.29) is 5.82 Å². The van der Waals surface area contributed by atoms with E-state index in [4.69, 9.17) is 0 Å². The molecule has 3 nitrogen and oxygen atoms in total. The molecule has 0 saturated carbocycles. The fraction of sp³-hybridized carbons (Fsp3) is 0.417. The summed E-state index contributed by atoms with van der Waals surface area (Å²) in [7, 11) is 0. The molecule has 0 spiro atoms. The number of rotatable bonds is 5. The molecule has 86 valence electrons. The summed E-state index contributed by atoms with van der Waals surface area (Å²) in [5, 5.41) is 8.42. The zero-order chi connectivity index (χ0) is 11.4. The SMILES string of the molecule is CCCNCCn1ncc2cc(F)ccc21. The smallest absolute Gasteiger partial charge is 0.124 e. The molecule has 0 atom stereocenters. The van der Waals surface area contributed by atoms with Crippen LogP contribution >= 0.6 is 0 Å². The van der Waals surface area contributed by atoms with Crippen molar-refractivity contribution in [3.8, 4) is 0 Å². The number of nitrogens with zero attached hydrogens (tertiary/aromatic N) is 2. The molecule has 0 aliphatic rings. The topological polar surface area (TPSA) is 29.9 Å². The maximum absolute atomic E-state index is 12.9. The third kappa shape index (κ3) is 2.39. The first kappa shape index (κ1) is 11.1. The summed E-state index contributed by atoms with van der Waals surface area (Å²) >= 11 is 0. The number of benzene rings is 1. The van der Waals surface area contributed by atoms with Gasteiger partial charge in [-0.05, 0) is 31.2 Å². The van der Waals surface area contributed by atoms with E-state index < -0.39 is 0 Å². The molecule has 0 saturated heterocycles. The van der Waals surface area contributed by atoms with E-state index in [1.807, 2.05) is 4.68 Å². The van der Waals surface area contributed by atoms with Gasteiger partial charge in [0.25, 0.3) is 0 Å². The Kier molecular flexibility index (Phi) is 3.51. The second kappa shape index (κ2) is 5.07. The molecule has 0 aliphatic heterocycles. The summed E-state index contributed by atoms with van der Waals surface area (Å²) in [6, 6.07) is 4.76. The van der Waals surface area contributed by atoms with Crippen molar-refractivity contribution < 1.29 is 4.39 Å². The van der Waals surface area contributed by atoms with E-state index in [0.717, 1.165) is 37.0 Å². The minimum Gasteiger partial charge on any atom is -0.315 e. The summed E-state index contributed by atoms with van der Waals surface area (Å²) in [5.74, 6) is -0.212. The summed E-state index contributed by atoms with van der Waals surface area (Å²) < 4.78 is 14.8. The van der Waals surface area contributed by atoms with Crippen LogP contribution < -0.4 is 5.32 Å². The monoisotopic (exact) mass is 221 g/mol. The lowest BCUT2D eigenvalue weighted by molar-refractivity contribution is 0.565. The minimum absolute atomic E-state index is 0.212. The van der Waals surface area contributed by atoms with Gasteiger partial charge in [-0.25, -0.2) is 4.39 Å². The largest absolute Gasteiger partial charge is 0.315 e. The van der Waals surface area contributed by atoms with Gasteiger partial charge in [-0.1, -0.05) is 6.92 Å². The molecule has 1 N–H and O–H groups in total. The van der Waals surface area contributed by atoms with Crippen molar-refractivity contribution in [3.63, 3.8) is 0 Å². The Bertz CT molecular complexity index is 464. The van der Waals surface area contributed by atoms with E-state index >= 15 is 0 Å². The van der Waals surface area contributed by atoms with Crippen molar-refractivity contribution in [2.75, 3.05) is 13.1 Å². The van der Waals surface area contributed by atoms with Crippen molar-refractivity contribution in [2.24, 2.45) is 0 Å². The van der Waals surface area contributed by atoms with Gasteiger partial charge >= 0.3 is 0 Å². The number of hydrogen-bond donors (Lipinski definition) is 1. The van der Waals surface area contributed by atoms with E-state index in [0.29, 0.717) is 0 Å². The van der Waals surface area contributed by atoms with Crippen molar-refractivity contribution in [1.82, 2.24) is 15.1 Å². The van der Waals surface area contributed by atoms with Gasteiger partial charge in [0.15, 0.2) is 0 Å². The first-order valence-electron chi connectivity index (χ1n) is 5.63. The second-order valence-corrected chi connectivity index (χ2v) is 3.82. The van der Waals surface area contributed by atoms with Crippen LogP contribution in [0.1, 0.15) is 13.3 Å². The average Bonchev–Trinajstić information content (AvgIpc) is 2.67. The predicted molar refractivity (Wildman–Crippen MR) is 62.9 cm³/mol. The van der Waals surface area contributed by atoms with Gasteiger partial charge in [0, 0.05) is 11.9 Å². The third-order valence-corrected chi connectivity index (χ3v) is 2.53. The van der Waals surface area contributed by atoms with Gasteiger partial charge in [0.2, 0.25) is 0 Å². The highest BCUT2D eigenvalue weighted by molar-refractivity contribution is 5.78. The molecule has 1 aromatic carbocycles. The number of aromatic nitrogens is 2. The van der Waals surface area contributed by atoms with Gasteiger partial charge < -0.3 is 5.32 Å². The molecule has 1 aromatic heterocycles. The van der Waals surface area contributed by atoms with Crippen LogP contribution in [0.3, 0.4) is 0 Å². The zero-order valence-corrected chi connectivity index (χ0v) is 9.41. The average molecular weight is 221 g/mol. The van der Waals surface area contributed by atoms with Crippen LogP contribution in [0, 0.1) is 5.82 Å². The standard InChI is InChI=1S/C12H16FN3/c1-2-5-14-6-7-16-12-4-3-11(13)8-10(12)9-15-16/h3-4,8-9,14H,2,5-7H2,1H3. The van der Waals surface area contributed by atoms with Crippen LogP contribution in [0.4, 0.5) is 4.39 Å². The highest BCUT2D eigenvalue weighted by Gasteiger charge is 2.02. The van der Waals surface area contributed by atoms with Crippen LogP contribution in [0.5, 0.6) is 0 Å². The van der Waals surface area contributed by atoms with Crippen LogP contribution in [0.25, 0.3) is 10.9 Å². The van der Waals surface area contributed by atoms with E-state index in [1.165, 1.54) is 12.1 Å².